The summed E-state index contributed by atoms with van der Waals surface area (Å²) in [6, 6.07) is 0. The molecule has 0 aliphatic rings. The fourth-order valence-electron chi connectivity index (χ4n) is 0.992. The van der Waals surface area contributed by atoms with E-state index in [9.17, 15) is 13.2 Å². The van der Waals surface area contributed by atoms with Crippen molar-refractivity contribution in [1.29, 1.82) is 0 Å². The summed E-state index contributed by atoms with van der Waals surface area (Å²) in [6.45, 7) is 5.95. The third-order valence-corrected chi connectivity index (χ3v) is 1.86. The average Bonchev–Trinajstić information content (AvgIpc) is 2.07. The quantitative estimate of drug-likeness (QED) is 0.675. The van der Waals surface area contributed by atoms with Gasteiger partial charge in [0.1, 0.15) is 6.61 Å². The van der Waals surface area contributed by atoms with Crippen LogP contribution < -0.4 is 5.32 Å². The zero-order valence-electron chi connectivity index (χ0n) is 9.53. The maximum atomic E-state index is 11.8. The van der Waals surface area contributed by atoms with Crippen molar-refractivity contribution in [3.8, 4) is 0 Å². The second-order valence-corrected chi connectivity index (χ2v) is 4.12. The predicted octanol–water partition coefficient (Wildman–Crippen LogP) is 2.59. The van der Waals surface area contributed by atoms with Crippen molar-refractivity contribution in [2.24, 2.45) is 5.92 Å². The average molecular weight is 227 g/mol. The second kappa shape index (κ2) is 7.06. The predicted molar refractivity (Wildman–Crippen MR) is 53.8 cm³/mol. The van der Waals surface area contributed by atoms with Crippen molar-refractivity contribution in [3.63, 3.8) is 0 Å². The van der Waals surface area contributed by atoms with Crippen molar-refractivity contribution in [2.45, 2.75) is 39.5 Å². The highest BCUT2D eigenvalue weighted by atomic mass is 19.4. The monoisotopic (exact) mass is 227 g/mol. The van der Waals surface area contributed by atoms with Crippen molar-refractivity contribution < 1.29 is 17.9 Å². The van der Waals surface area contributed by atoms with E-state index < -0.39 is 18.9 Å². The van der Waals surface area contributed by atoms with Gasteiger partial charge in [-0.1, -0.05) is 13.8 Å². The maximum absolute atomic E-state index is 11.8. The van der Waals surface area contributed by atoms with Crippen molar-refractivity contribution in [3.05, 3.63) is 0 Å². The molecule has 0 aliphatic heterocycles. The number of rotatable bonds is 7. The second-order valence-electron chi connectivity index (χ2n) is 4.12. The third kappa shape index (κ3) is 11.6. The van der Waals surface area contributed by atoms with Crippen LogP contribution in [0, 0.1) is 5.92 Å². The molecule has 0 aromatic heterocycles. The van der Waals surface area contributed by atoms with Gasteiger partial charge in [0.2, 0.25) is 0 Å². The Morgan fingerprint density at radius 3 is 2.27 bits per heavy atom. The molecular formula is C10H20F3NO. The number of hydrogen-bond donors (Lipinski definition) is 1. The lowest BCUT2D eigenvalue weighted by Gasteiger charge is -2.15. The van der Waals surface area contributed by atoms with Crippen LogP contribution in [0.3, 0.4) is 0 Å². The molecule has 0 aromatic carbocycles. The minimum absolute atomic E-state index is 0.404. The first-order valence-corrected chi connectivity index (χ1v) is 5.20. The normalized spacial score (nSPS) is 14.6. The summed E-state index contributed by atoms with van der Waals surface area (Å²) >= 11 is 0. The smallest absolute Gasteiger partial charge is 0.368 e. The van der Waals surface area contributed by atoms with Crippen molar-refractivity contribution in [2.75, 3.05) is 19.7 Å². The topological polar surface area (TPSA) is 21.3 Å². The van der Waals surface area contributed by atoms with Crippen LogP contribution in [-0.4, -0.2) is 32.0 Å². The van der Waals surface area contributed by atoms with E-state index in [0.717, 1.165) is 13.0 Å². The first-order valence-electron chi connectivity index (χ1n) is 5.20. The SMILES string of the molecule is CC(C)CCNCC(C)OCC(F)(F)F. The molecule has 0 saturated carbocycles. The highest BCUT2D eigenvalue weighted by Crippen LogP contribution is 2.15. The lowest BCUT2D eigenvalue weighted by atomic mass is 10.1. The van der Waals surface area contributed by atoms with Gasteiger partial charge in [0, 0.05) is 6.54 Å². The van der Waals surface area contributed by atoms with Gasteiger partial charge in [-0.15, -0.1) is 0 Å². The summed E-state index contributed by atoms with van der Waals surface area (Å²) in [6.07, 6.45) is -3.61. The molecule has 2 nitrogen and oxygen atoms in total. The molecular weight excluding hydrogens is 207 g/mol. The molecule has 1 N–H and O–H groups in total. The van der Waals surface area contributed by atoms with Crippen LogP contribution >= 0.6 is 0 Å². The van der Waals surface area contributed by atoms with Gasteiger partial charge in [-0.25, -0.2) is 0 Å². The molecule has 0 amide bonds. The summed E-state index contributed by atoms with van der Waals surface area (Å²) in [5, 5.41) is 3.06. The Labute approximate surface area is 89.2 Å². The number of nitrogens with one attached hydrogen (secondary N) is 1. The van der Waals surface area contributed by atoms with E-state index in [4.69, 9.17) is 0 Å². The molecule has 1 atom stereocenters. The van der Waals surface area contributed by atoms with E-state index in [1.165, 1.54) is 0 Å². The molecule has 0 bridgehead atoms. The van der Waals surface area contributed by atoms with E-state index in [2.05, 4.69) is 23.9 Å². The lowest BCUT2D eigenvalue weighted by molar-refractivity contribution is -0.183. The van der Waals surface area contributed by atoms with Crippen LogP contribution in [0.4, 0.5) is 13.2 Å². The summed E-state index contributed by atoms with van der Waals surface area (Å²) in [5.74, 6) is 0.601. The van der Waals surface area contributed by atoms with Gasteiger partial charge in [-0.05, 0) is 25.8 Å². The summed E-state index contributed by atoms with van der Waals surface area (Å²) < 4.78 is 39.9. The molecule has 0 fully saturated rings. The van der Waals surface area contributed by atoms with Crippen LogP contribution in [0.1, 0.15) is 27.2 Å². The lowest BCUT2D eigenvalue weighted by Crippen LogP contribution is -2.31. The Hall–Kier alpha value is -0.290. The van der Waals surface area contributed by atoms with Gasteiger partial charge in [0.25, 0.3) is 0 Å². The van der Waals surface area contributed by atoms with Gasteiger partial charge in [0.15, 0.2) is 0 Å². The van der Waals surface area contributed by atoms with Crippen LogP contribution in [0.2, 0.25) is 0 Å². The Morgan fingerprint density at radius 2 is 1.80 bits per heavy atom. The van der Waals surface area contributed by atoms with E-state index >= 15 is 0 Å². The standard InChI is InChI=1S/C10H20F3NO/c1-8(2)4-5-14-6-9(3)15-7-10(11,12)13/h8-9,14H,4-7H2,1-3H3. The van der Waals surface area contributed by atoms with Crippen molar-refractivity contribution in [1.82, 2.24) is 5.32 Å². The van der Waals surface area contributed by atoms with Crippen LogP contribution in [0.15, 0.2) is 0 Å². The van der Waals surface area contributed by atoms with Gasteiger partial charge in [0.05, 0.1) is 6.10 Å². The highest BCUT2D eigenvalue weighted by molar-refractivity contribution is 4.58. The van der Waals surface area contributed by atoms with Crippen molar-refractivity contribution >= 4 is 0 Å². The van der Waals surface area contributed by atoms with Crippen LogP contribution in [0.5, 0.6) is 0 Å². The number of alkyl halides is 3. The fraction of sp³-hybridized carbons (Fsp3) is 1.00. The number of halogens is 3. The highest BCUT2D eigenvalue weighted by Gasteiger charge is 2.28. The van der Waals surface area contributed by atoms with E-state index in [1.54, 1.807) is 6.92 Å². The van der Waals surface area contributed by atoms with E-state index in [-0.39, 0.29) is 0 Å². The van der Waals surface area contributed by atoms with Gasteiger partial charge in [-0.2, -0.15) is 13.2 Å². The number of hydrogen-bond acceptors (Lipinski definition) is 2. The molecule has 5 heteroatoms. The summed E-state index contributed by atoms with van der Waals surface area (Å²) in [4.78, 5) is 0. The molecule has 1 unspecified atom stereocenters. The fourth-order valence-corrected chi connectivity index (χ4v) is 0.992. The molecule has 92 valence electrons. The van der Waals surface area contributed by atoms with E-state index in [0.29, 0.717) is 12.5 Å². The first kappa shape index (κ1) is 14.7. The van der Waals surface area contributed by atoms with Gasteiger partial charge >= 0.3 is 6.18 Å². The largest absolute Gasteiger partial charge is 0.411 e. The Balaban J connectivity index is 3.38. The minimum atomic E-state index is -4.23. The van der Waals surface area contributed by atoms with Crippen LogP contribution in [0.25, 0.3) is 0 Å². The minimum Gasteiger partial charge on any atom is -0.368 e. The Kier molecular flexibility index (Phi) is 6.92. The van der Waals surface area contributed by atoms with Gasteiger partial charge < -0.3 is 10.1 Å². The van der Waals surface area contributed by atoms with Gasteiger partial charge in [-0.3, -0.25) is 0 Å². The maximum Gasteiger partial charge on any atom is 0.411 e. The molecule has 15 heavy (non-hydrogen) atoms. The summed E-state index contributed by atoms with van der Waals surface area (Å²) in [5.41, 5.74) is 0. The number of ether oxygens (including phenoxy) is 1. The van der Waals surface area contributed by atoms with Crippen LogP contribution in [-0.2, 0) is 4.74 Å². The first-order chi connectivity index (χ1) is 6.81. The zero-order chi connectivity index (χ0) is 11.9. The molecule has 0 aliphatic carbocycles. The molecule has 0 saturated heterocycles. The molecule has 0 radical (unpaired) electrons. The van der Waals surface area contributed by atoms with E-state index in [1.807, 2.05) is 0 Å². The third-order valence-electron chi connectivity index (χ3n) is 1.86. The Morgan fingerprint density at radius 1 is 1.20 bits per heavy atom. The summed E-state index contributed by atoms with van der Waals surface area (Å²) in [7, 11) is 0. The Bertz CT molecular complexity index is 159. The molecule has 0 spiro atoms. The molecule has 0 rings (SSSR count). The molecule has 0 aromatic rings. The zero-order valence-corrected chi connectivity index (χ0v) is 9.53. The molecule has 0 heterocycles.